The lowest BCUT2D eigenvalue weighted by molar-refractivity contribution is 0.0766. The summed E-state index contributed by atoms with van der Waals surface area (Å²) in [6.07, 6.45) is 2.03. The maximum Gasteiger partial charge on any atom is 0.263 e. The number of carbonyl (C=O) groups is 1. The Hall–Kier alpha value is -1.24. The molecule has 6 heteroatoms. The zero-order chi connectivity index (χ0) is 15.4. The van der Waals surface area contributed by atoms with Crippen LogP contribution < -0.4 is 0 Å². The van der Waals surface area contributed by atoms with E-state index in [1.807, 2.05) is 16.5 Å². The zero-order valence-electron chi connectivity index (χ0n) is 12.8. The molecule has 118 valence electrons. The lowest BCUT2D eigenvalue weighted by atomic mass is 10.3. The number of hydrogen-bond donors (Lipinski definition) is 0. The fourth-order valence-electron chi connectivity index (χ4n) is 2.72. The van der Waals surface area contributed by atoms with Gasteiger partial charge in [0.1, 0.15) is 0 Å². The van der Waals surface area contributed by atoms with Crippen molar-refractivity contribution < 1.29 is 4.79 Å². The normalized spacial score (nSPS) is 16.7. The Morgan fingerprint density at radius 1 is 1.27 bits per heavy atom. The van der Waals surface area contributed by atoms with Crippen molar-refractivity contribution in [3.63, 3.8) is 0 Å². The molecule has 1 aliphatic rings. The molecule has 0 unspecified atom stereocenters. The van der Waals surface area contributed by atoms with Crippen molar-refractivity contribution in [3.05, 3.63) is 38.5 Å². The summed E-state index contributed by atoms with van der Waals surface area (Å²) in [7, 11) is 0. The first-order valence-electron chi connectivity index (χ1n) is 7.73. The summed E-state index contributed by atoms with van der Waals surface area (Å²) in [6, 6.07) is 4.05. The first-order chi connectivity index (χ1) is 10.8. The number of thiazole rings is 1. The largest absolute Gasteiger partial charge is 0.337 e. The number of carbonyl (C=O) groups excluding carboxylic acids is 1. The molecule has 0 aromatic carbocycles. The summed E-state index contributed by atoms with van der Waals surface area (Å²) < 4.78 is 0. The number of aryl methyl sites for hydroxylation is 1. The maximum atomic E-state index is 12.6. The van der Waals surface area contributed by atoms with Crippen molar-refractivity contribution in [2.45, 2.75) is 26.3 Å². The molecule has 0 aliphatic carbocycles. The highest BCUT2D eigenvalue weighted by atomic mass is 32.1. The highest BCUT2D eigenvalue weighted by Gasteiger charge is 2.21. The van der Waals surface area contributed by atoms with Gasteiger partial charge >= 0.3 is 0 Å². The molecule has 0 radical (unpaired) electrons. The molecule has 1 aliphatic heterocycles. The molecule has 0 atom stereocenters. The minimum atomic E-state index is 0.195. The standard InChI is InChI=1S/C16H21N3OS2/c1-2-14-4-5-15(22-14)16(20)19-7-3-6-18(8-9-19)10-13-11-21-12-17-13/h4-5,11-12H,2-3,6-10H2,1H3. The Kier molecular flexibility index (Phi) is 5.23. The predicted molar refractivity (Wildman–Crippen MR) is 91.6 cm³/mol. The number of nitrogens with zero attached hydrogens (tertiary/aromatic N) is 3. The predicted octanol–water partition coefficient (Wildman–Crippen LogP) is 3.12. The first-order valence-corrected chi connectivity index (χ1v) is 9.49. The van der Waals surface area contributed by atoms with Crippen LogP contribution in [0.25, 0.3) is 0 Å². The van der Waals surface area contributed by atoms with Gasteiger partial charge in [-0.1, -0.05) is 6.92 Å². The van der Waals surface area contributed by atoms with Gasteiger partial charge in [-0.2, -0.15) is 0 Å². The molecule has 1 fully saturated rings. The Balaban J connectivity index is 1.58. The van der Waals surface area contributed by atoms with Crippen molar-refractivity contribution in [1.29, 1.82) is 0 Å². The molecule has 0 N–H and O–H groups in total. The SMILES string of the molecule is CCc1ccc(C(=O)N2CCCN(Cc3cscn3)CC2)s1. The third kappa shape index (κ3) is 3.74. The summed E-state index contributed by atoms with van der Waals surface area (Å²) >= 11 is 3.27. The Labute approximate surface area is 139 Å². The van der Waals surface area contributed by atoms with Gasteiger partial charge in [-0.15, -0.1) is 22.7 Å². The van der Waals surface area contributed by atoms with E-state index in [2.05, 4.69) is 28.3 Å². The van der Waals surface area contributed by atoms with E-state index in [1.54, 1.807) is 22.7 Å². The summed E-state index contributed by atoms with van der Waals surface area (Å²) in [5.41, 5.74) is 3.01. The molecule has 1 saturated heterocycles. The van der Waals surface area contributed by atoms with Crippen LogP contribution in [0.2, 0.25) is 0 Å². The summed E-state index contributed by atoms with van der Waals surface area (Å²) in [5.74, 6) is 0.195. The van der Waals surface area contributed by atoms with Crippen LogP contribution in [0.5, 0.6) is 0 Å². The highest BCUT2D eigenvalue weighted by molar-refractivity contribution is 7.14. The second-order valence-electron chi connectivity index (χ2n) is 5.52. The summed E-state index contributed by atoms with van der Waals surface area (Å²) in [5, 5.41) is 2.10. The van der Waals surface area contributed by atoms with Crippen molar-refractivity contribution in [1.82, 2.24) is 14.8 Å². The van der Waals surface area contributed by atoms with E-state index in [4.69, 9.17) is 0 Å². The van der Waals surface area contributed by atoms with E-state index in [0.717, 1.165) is 56.1 Å². The fraction of sp³-hybridized carbons (Fsp3) is 0.500. The van der Waals surface area contributed by atoms with Gasteiger partial charge in [0.2, 0.25) is 0 Å². The number of hydrogen-bond acceptors (Lipinski definition) is 5. The van der Waals surface area contributed by atoms with E-state index in [0.29, 0.717) is 0 Å². The van der Waals surface area contributed by atoms with Crippen LogP contribution in [0, 0.1) is 0 Å². The molecule has 0 spiro atoms. The monoisotopic (exact) mass is 335 g/mol. The molecule has 1 amide bonds. The quantitative estimate of drug-likeness (QED) is 0.861. The Bertz CT molecular complexity index is 609. The number of amides is 1. The second kappa shape index (κ2) is 7.35. The molecule has 2 aromatic heterocycles. The van der Waals surface area contributed by atoms with E-state index in [1.165, 1.54) is 4.88 Å². The fourth-order valence-corrected chi connectivity index (χ4v) is 4.18. The zero-order valence-corrected chi connectivity index (χ0v) is 14.5. The molecule has 0 saturated carbocycles. The number of thiophene rings is 1. The molecule has 0 bridgehead atoms. The Morgan fingerprint density at radius 3 is 2.91 bits per heavy atom. The summed E-state index contributed by atoms with van der Waals surface area (Å²) in [4.78, 5) is 23.5. The van der Waals surface area contributed by atoms with Gasteiger partial charge in [0.05, 0.1) is 16.1 Å². The van der Waals surface area contributed by atoms with Crippen LogP contribution >= 0.6 is 22.7 Å². The highest BCUT2D eigenvalue weighted by Crippen LogP contribution is 2.20. The maximum absolute atomic E-state index is 12.6. The van der Waals surface area contributed by atoms with Gasteiger partial charge in [0, 0.05) is 43.0 Å². The molecule has 2 aromatic rings. The van der Waals surface area contributed by atoms with Crippen LogP contribution in [-0.2, 0) is 13.0 Å². The lowest BCUT2D eigenvalue weighted by Crippen LogP contribution is -2.34. The van der Waals surface area contributed by atoms with Gasteiger partial charge in [-0.3, -0.25) is 9.69 Å². The van der Waals surface area contributed by atoms with Gasteiger partial charge in [-0.25, -0.2) is 4.98 Å². The minimum Gasteiger partial charge on any atom is -0.337 e. The van der Waals surface area contributed by atoms with Gasteiger partial charge in [0.25, 0.3) is 5.91 Å². The lowest BCUT2D eigenvalue weighted by Gasteiger charge is -2.21. The smallest absolute Gasteiger partial charge is 0.263 e. The van der Waals surface area contributed by atoms with Crippen LogP contribution in [0.4, 0.5) is 0 Å². The second-order valence-corrected chi connectivity index (χ2v) is 7.41. The van der Waals surface area contributed by atoms with Crippen LogP contribution in [0.15, 0.2) is 23.0 Å². The average Bonchev–Trinajstić information content (AvgIpc) is 3.15. The Morgan fingerprint density at radius 2 is 2.18 bits per heavy atom. The van der Waals surface area contributed by atoms with Gasteiger partial charge in [-0.05, 0) is 25.0 Å². The molecule has 22 heavy (non-hydrogen) atoms. The van der Waals surface area contributed by atoms with Crippen LogP contribution in [0.3, 0.4) is 0 Å². The van der Waals surface area contributed by atoms with Crippen molar-refractivity contribution in [2.75, 3.05) is 26.2 Å². The van der Waals surface area contributed by atoms with Gasteiger partial charge < -0.3 is 4.90 Å². The van der Waals surface area contributed by atoms with Crippen LogP contribution in [0.1, 0.15) is 33.6 Å². The molecular formula is C16H21N3OS2. The minimum absolute atomic E-state index is 0.195. The summed E-state index contributed by atoms with van der Waals surface area (Å²) in [6.45, 7) is 6.64. The third-order valence-corrected chi connectivity index (χ3v) is 5.82. The van der Waals surface area contributed by atoms with Crippen molar-refractivity contribution in [2.24, 2.45) is 0 Å². The first kappa shape index (κ1) is 15.6. The van der Waals surface area contributed by atoms with E-state index in [-0.39, 0.29) is 5.91 Å². The topological polar surface area (TPSA) is 36.4 Å². The molecule has 3 rings (SSSR count). The molecular weight excluding hydrogens is 314 g/mol. The molecule has 4 nitrogen and oxygen atoms in total. The van der Waals surface area contributed by atoms with Crippen molar-refractivity contribution >= 4 is 28.6 Å². The third-order valence-electron chi connectivity index (χ3n) is 3.97. The van der Waals surface area contributed by atoms with Crippen molar-refractivity contribution in [3.8, 4) is 0 Å². The van der Waals surface area contributed by atoms with E-state index in [9.17, 15) is 4.79 Å². The molecule has 3 heterocycles. The van der Waals surface area contributed by atoms with Gasteiger partial charge in [0.15, 0.2) is 0 Å². The van der Waals surface area contributed by atoms with E-state index < -0.39 is 0 Å². The van der Waals surface area contributed by atoms with E-state index >= 15 is 0 Å². The number of aromatic nitrogens is 1. The van der Waals surface area contributed by atoms with Crippen LogP contribution in [-0.4, -0.2) is 46.9 Å². The number of rotatable bonds is 4. The average molecular weight is 335 g/mol.